The molecule has 1 fully saturated rings. The molecule has 0 bridgehead atoms. The summed E-state index contributed by atoms with van der Waals surface area (Å²) in [6.07, 6.45) is 15.3. The molecule has 4 rings (SSSR count). The van der Waals surface area contributed by atoms with E-state index in [1.807, 2.05) is 36.4 Å². The maximum Gasteiger partial charge on any atom is 0.138 e. The largest absolute Gasteiger partial charge is 0.490 e. The molecule has 0 aliphatic heterocycles. The summed E-state index contributed by atoms with van der Waals surface area (Å²) in [5.74, 6) is 2.15. The highest BCUT2D eigenvalue weighted by Gasteiger charge is 2.22. The number of halogens is 1. The first-order chi connectivity index (χ1) is 16.7. The van der Waals surface area contributed by atoms with E-state index in [1.165, 1.54) is 69.8 Å². The molecule has 0 saturated heterocycles. The molecule has 0 heterocycles. The summed E-state index contributed by atoms with van der Waals surface area (Å²) >= 11 is 0. The molecule has 0 spiro atoms. The standard InChI is InChI=1S/C32H39FO/c1-3-5-6-7-8-9-24-10-12-25(13-11-24)27-16-20-31-28(23-27)17-21-30(32(31)33)26-14-18-29(19-15-26)34-22-4-2/h4,14-21,23-25H,2-3,5-13,22H2,1H3. The SMILES string of the molecule is C=CCOc1ccc(-c2ccc3cc(C4CCC(CCCCCCC)CC4)ccc3c2F)cc1. The Bertz CT molecular complexity index is 1060. The third-order valence-electron chi connectivity index (χ3n) is 7.55. The lowest BCUT2D eigenvalue weighted by Gasteiger charge is -2.29. The molecule has 1 aliphatic rings. The molecule has 3 aromatic rings. The van der Waals surface area contributed by atoms with Crippen LogP contribution in [0.2, 0.25) is 0 Å². The molecular weight excluding hydrogens is 419 g/mol. The van der Waals surface area contributed by atoms with Gasteiger partial charge in [0.1, 0.15) is 18.2 Å². The highest BCUT2D eigenvalue weighted by Crippen LogP contribution is 2.39. The normalized spacial score (nSPS) is 18.2. The second-order valence-electron chi connectivity index (χ2n) is 9.95. The fourth-order valence-electron chi connectivity index (χ4n) is 5.49. The van der Waals surface area contributed by atoms with E-state index in [-0.39, 0.29) is 5.82 Å². The zero-order chi connectivity index (χ0) is 23.8. The third-order valence-corrected chi connectivity index (χ3v) is 7.55. The summed E-state index contributed by atoms with van der Waals surface area (Å²) in [7, 11) is 0. The minimum Gasteiger partial charge on any atom is -0.490 e. The van der Waals surface area contributed by atoms with Crippen LogP contribution in [0.15, 0.2) is 67.3 Å². The Kier molecular flexibility index (Phi) is 8.79. The molecule has 0 unspecified atom stereocenters. The second kappa shape index (κ2) is 12.2. The summed E-state index contributed by atoms with van der Waals surface area (Å²) in [6.45, 7) is 6.41. The van der Waals surface area contributed by atoms with Crippen LogP contribution in [0.25, 0.3) is 21.9 Å². The minimum atomic E-state index is -0.143. The van der Waals surface area contributed by atoms with E-state index in [9.17, 15) is 0 Å². The Hall–Kier alpha value is -2.61. The van der Waals surface area contributed by atoms with Gasteiger partial charge in [0.05, 0.1) is 0 Å². The average molecular weight is 459 g/mol. The molecule has 1 aliphatic carbocycles. The monoisotopic (exact) mass is 458 g/mol. The Morgan fingerprint density at radius 3 is 2.41 bits per heavy atom. The Balaban J connectivity index is 1.40. The van der Waals surface area contributed by atoms with Gasteiger partial charge in [0, 0.05) is 10.9 Å². The van der Waals surface area contributed by atoms with Crippen LogP contribution in [0, 0.1) is 11.7 Å². The Morgan fingerprint density at radius 1 is 0.912 bits per heavy atom. The Morgan fingerprint density at radius 2 is 1.68 bits per heavy atom. The van der Waals surface area contributed by atoms with Crippen LogP contribution in [-0.2, 0) is 0 Å². The zero-order valence-corrected chi connectivity index (χ0v) is 20.7. The van der Waals surface area contributed by atoms with Crippen molar-refractivity contribution in [3.05, 3.63) is 78.6 Å². The number of fused-ring (bicyclic) bond motifs is 1. The molecule has 1 nitrogen and oxygen atoms in total. The van der Waals surface area contributed by atoms with E-state index in [0.717, 1.165) is 22.6 Å². The number of rotatable bonds is 11. The van der Waals surface area contributed by atoms with Crippen molar-refractivity contribution in [1.82, 2.24) is 0 Å². The molecule has 0 radical (unpaired) electrons. The van der Waals surface area contributed by atoms with Gasteiger partial charge in [0.25, 0.3) is 0 Å². The molecule has 0 atom stereocenters. The average Bonchev–Trinajstić information content (AvgIpc) is 2.88. The molecular formula is C32H39FO. The first-order valence-corrected chi connectivity index (χ1v) is 13.3. The van der Waals surface area contributed by atoms with Crippen molar-refractivity contribution in [1.29, 1.82) is 0 Å². The van der Waals surface area contributed by atoms with Gasteiger partial charge in [0.15, 0.2) is 0 Å². The molecule has 0 amide bonds. The van der Waals surface area contributed by atoms with Gasteiger partial charge in [0.2, 0.25) is 0 Å². The first kappa shape index (κ1) is 24.5. The third kappa shape index (κ3) is 6.09. The zero-order valence-electron chi connectivity index (χ0n) is 20.7. The smallest absolute Gasteiger partial charge is 0.138 e. The number of unbranched alkanes of at least 4 members (excludes halogenated alkanes) is 4. The highest BCUT2D eigenvalue weighted by atomic mass is 19.1. The van der Waals surface area contributed by atoms with Gasteiger partial charge in [-0.1, -0.05) is 101 Å². The van der Waals surface area contributed by atoms with Crippen molar-refractivity contribution >= 4 is 10.8 Å². The topological polar surface area (TPSA) is 9.23 Å². The van der Waals surface area contributed by atoms with Crippen molar-refractivity contribution in [3.8, 4) is 16.9 Å². The van der Waals surface area contributed by atoms with E-state index >= 15 is 4.39 Å². The summed E-state index contributed by atoms with van der Waals surface area (Å²) in [5.41, 5.74) is 2.88. The maximum atomic E-state index is 15.4. The number of benzene rings is 3. The fraction of sp³-hybridized carbons (Fsp3) is 0.438. The van der Waals surface area contributed by atoms with E-state index in [0.29, 0.717) is 23.5 Å². The molecule has 0 aromatic heterocycles. The Labute approximate surface area is 205 Å². The summed E-state index contributed by atoms with van der Waals surface area (Å²) in [5, 5.41) is 1.71. The van der Waals surface area contributed by atoms with Gasteiger partial charge in [-0.3, -0.25) is 0 Å². The van der Waals surface area contributed by atoms with Crippen LogP contribution < -0.4 is 4.74 Å². The summed E-state index contributed by atoms with van der Waals surface area (Å²) < 4.78 is 21.0. The van der Waals surface area contributed by atoms with Crippen LogP contribution in [0.3, 0.4) is 0 Å². The fourth-order valence-corrected chi connectivity index (χ4v) is 5.49. The van der Waals surface area contributed by atoms with Gasteiger partial charge in [-0.15, -0.1) is 0 Å². The summed E-state index contributed by atoms with van der Waals surface area (Å²) in [6, 6.07) is 18.0. The van der Waals surface area contributed by atoms with Gasteiger partial charge < -0.3 is 4.74 Å². The molecule has 2 heteroatoms. The highest BCUT2D eigenvalue weighted by molar-refractivity contribution is 5.89. The van der Waals surface area contributed by atoms with E-state index in [4.69, 9.17) is 4.74 Å². The van der Waals surface area contributed by atoms with E-state index in [1.54, 1.807) is 6.08 Å². The number of ether oxygens (including phenoxy) is 1. The molecule has 1 saturated carbocycles. The number of hydrogen-bond donors (Lipinski definition) is 0. The molecule has 180 valence electrons. The predicted octanol–water partition coefficient (Wildman–Crippen LogP) is 9.84. The van der Waals surface area contributed by atoms with E-state index in [2.05, 4.69) is 31.7 Å². The van der Waals surface area contributed by atoms with Crippen LogP contribution in [-0.4, -0.2) is 6.61 Å². The molecule has 34 heavy (non-hydrogen) atoms. The van der Waals surface area contributed by atoms with Crippen LogP contribution in [0.4, 0.5) is 4.39 Å². The van der Waals surface area contributed by atoms with Crippen molar-refractivity contribution in [3.63, 3.8) is 0 Å². The molecule has 3 aromatic carbocycles. The molecule has 0 N–H and O–H groups in total. The lowest BCUT2D eigenvalue weighted by molar-refractivity contribution is 0.302. The predicted molar refractivity (Wildman–Crippen MR) is 143 cm³/mol. The summed E-state index contributed by atoms with van der Waals surface area (Å²) in [4.78, 5) is 0. The van der Waals surface area contributed by atoms with Gasteiger partial charge >= 0.3 is 0 Å². The van der Waals surface area contributed by atoms with Crippen molar-refractivity contribution in [2.45, 2.75) is 77.0 Å². The maximum absolute atomic E-state index is 15.4. The van der Waals surface area contributed by atoms with Crippen molar-refractivity contribution in [2.24, 2.45) is 5.92 Å². The van der Waals surface area contributed by atoms with Gasteiger partial charge in [-0.25, -0.2) is 4.39 Å². The number of hydrogen-bond acceptors (Lipinski definition) is 1. The van der Waals surface area contributed by atoms with Gasteiger partial charge in [-0.05, 0) is 66.2 Å². The van der Waals surface area contributed by atoms with Crippen molar-refractivity contribution < 1.29 is 9.13 Å². The van der Waals surface area contributed by atoms with Crippen LogP contribution in [0.5, 0.6) is 5.75 Å². The second-order valence-corrected chi connectivity index (χ2v) is 9.95. The van der Waals surface area contributed by atoms with Gasteiger partial charge in [-0.2, -0.15) is 0 Å². The van der Waals surface area contributed by atoms with E-state index < -0.39 is 0 Å². The van der Waals surface area contributed by atoms with Crippen LogP contribution >= 0.6 is 0 Å². The first-order valence-electron chi connectivity index (χ1n) is 13.3. The minimum absolute atomic E-state index is 0.143. The quantitative estimate of drug-likeness (QED) is 0.205. The lowest BCUT2D eigenvalue weighted by atomic mass is 9.76. The lowest BCUT2D eigenvalue weighted by Crippen LogP contribution is -2.13. The van der Waals surface area contributed by atoms with Crippen LogP contribution in [0.1, 0.15) is 82.6 Å². The van der Waals surface area contributed by atoms with Crippen molar-refractivity contribution in [2.75, 3.05) is 6.61 Å².